The lowest BCUT2D eigenvalue weighted by atomic mass is 9.86. The van der Waals surface area contributed by atoms with Crippen LogP contribution in [-0.4, -0.2) is 15.7 Å². The zero-order valence-corrected chi connectivity index (χ0v) is 9.52. The van der Waals surface area contributed by atoms with Gasteiger partial charge in [-0.05, 0) is 18.8 Å². The molecule has 16 heavy (non-hydrogen) atoms. The van der Waals surface area contributed by atoms with Crippen molar-refractivity contribution in [2.24, 2.45) is 11.7 Å². The summed E-state index contributed by atoms with van der Waals surface area (Å²) in [5.41, 5.74) is 11.2. The predicted octanol–water partition coefficient (Wildman–Crippen LogP) is 1.32. The van der Waals surface area contributed by atoms with Crippen LogP contribution in [0.1, 0.15) is 49.0 Å². The Labute approximate surface area is 94.8 Å². The fourth-order valence-corrected chi connectivity index (χ4v) is 2.45. The lowest BCUT2D eigenvalue weighted by molar-refractivity contribution is 0.100. The quantitative estimate of drug-likeness (QED) is 0.791. The molecule has 1 aromatic heterocycles. The maximum absolute atomic E-state index is 11.1. The first kappa shape index (κ1) is 11.0. The zero-order chi connectivity index (χ0) is 11.7. The molecule has 0 bridgehead atoms. The Hall–Kier alpha value is -1.52. The van der Waals surface area contributed by atoms with Crippen LogP contribution in [0, 0.1) is 5.92 Å². The molecular weight excluding hydrogens is 204 g/mol. The van der Waals surface area contributed by atoms with E-state index in [2.05, 4.69) is 12.0 Å². The fraction of sp³-hybridized carbons (Fsp3) is 0.636. The van der Waals surface area contributed by atoms with Gasteiger partial charge < -0.3 is 11.5 Å². The smallest absolute Gasteiger partial charge is 0.254 e. The van der Waals surface area contributed by atoms with Crippen molar-refractivity contribution in [2.75, 3.05) is 5.73 Å². The van der Waals surface area contributed by atoms with E-state index in [1.807, 2.05) is 4.68 Å². The fourth-order valence-electron chi connectivity index (χ4n) is 2.45. The molecule has 4 N–H and O–H groups in total. The number of rotatable bonds is 2. The normalized spacial score (nSPS) is 25.6. The van der Waals surface area contributed by atoms with Crippen LogP contribution in [0.15, 0.2) is 6.20 Å². The number of primary amides is 1. The highest BCUT2D eigenvalue weighted by molar-refractivity contribution is 5.96. The molecule has 0 aromatic carbocycles. The van der Waals surface area contributed by atoms with E-state index in [0.29, 0.717) is 17.5 Å². The number of anilines is 1. The van der Waals surface area contributed by atoms with Gasteiger partial charge in [-0.3, -0.25) is 9.48 Å². The van der Waals surface area contributed by atoms with Gasteiger partial charge in [-0.2, -0.15) is 5.10 Å². The molecule has 1 fully saturated rings. The molecule has 2 atom stereocenters. The molecule has 5 heteroatoms. The Bertz CT molecular complexity index is 399. The Morgan fingerprint density at radius 3 is 2.75 bits per heavy atom. The molecule has 0 spiro atoms. The summed E-state index contributed by atoms with van der Waals surface area (Å²) in [4.78, 5) is 11.1. The van der Waals surface area contributed by atoms with Gasteiger partial charge in [0.1, 0.15) is 5.56 Å². The second-order valence-electron chi connectivity index (χ2n) is 4.60. The maximum Gasteiger partial charge on any atom is 0.254 e. The van der Waals surface area contributed by atoms with E-state index in [1.54, 1.807) is 6.20 Å². The summed E-state index contributed by atoms with van der Waals surface area (Å²) in [7, 11) is 0. The van der Waals surface area contributed by atoms with Gasteiger partial charge in [-0.25, -0.2) is 0 Å². The van der Waals surface area contributed by atoms with Crippen molar-refractivity contribution in [3.63, 3.8) is 0 Å². The molecule has 1 saturated carbocycles. The summed E-state index contributed by atoms with van der Waals surface area (Å²) >= 11 is 0. The van der Waals surface area contributed by atoms with Crippen molar-refractivity contribution < 1.29 is 4.79 Å². The number of amides is 1. The lowest BCUT2D eigenvalue weighted by Crippen LogP contribution is -2.21. The van der Waals surface area contributed by atoms with E-state index in [-0.39, 0.29) is 5.82 Å². The molecule has 1 unspecified atom stereocenters. The van der Waals surface area contributed by atoms with Gasteiger partial charge in [0.15, 0.2) is 5.82 Å². The highest BCUT2D eigenvalue weighted by Crippen LogP contribution is 2.33. The summed E-state index contributed by atoms with van der Waals surface area (Å²) < 4.78 is 1.82. The number of nitrogen functional groups attached to an aromatic ring is 1. The zero-order valence-electron chi connectivity index (χ0n) is 9.52. The number of hydrogen-bond acceptors (Lipinski definition) is 3. The van der Waals surface area contributed by atoms with E-state index in [1.165, 1.54) is 19.3 Å². The predicted molar refractivity (Wildman–Crippen MR) is 61.8 cm³/mol. The Kier molecular flexibility index (Phi) is 2.85. The van der Waals surface area contributed by atoms with Crippen molar-refractivity contribution in [3.8, 4) is 0 Å². The lowest BCUT2D eigenvalue weighted by Gasteiger charge is -2.28. The Morgan fingerprint density at radius 2 is 2.19 bits per heavy atom. The van der Waals surface area contributed by atoms with Gasteiger partial charge in [0.05, 0.1) is 6.04 Å². The number of carbonyl (C=O) groups excluding carboxylic acids is 1. The van der Waals surface area contributed by atoms with Crippen molar-refractivity contribution in [2.45, 2.75) is 38.6 Å². The van der Waals surface area contributed by atoms with Crippen LogP contribution in [0.3, 0.4) is 0 Å². The van der Waals surface area contributed by atoms with Gasteiger partial charge in [-0.1, -0.05) is 19.8 Å². The second kappa shape index (κ2) is 4.15. The summed E-state index contributed by atoms with van der Waals surface area (Å²) in [5.74, 6) is 0.311. The monoisotopic (exact) mass is 222 g/mol. The molecule has 5 nitrogen and oxygen atoms in total. The van der Waals surface area contributed by atoms with Crippen LogP contribution in [0.2, 0.25) is 0 Å². The summed E-state index contributed by atoms with van der Waals surface area (Å²) in [6.07, 6.45) is 6.47. The van der Waals surface area contributed by atoms with E-state index >= 15 is 0 Å². The highest BCUT2D eigenvalue weighted by Gasteiger charge is 2.25. The molecule has 1 amide bonds. The summed E-state index contributed by atoms with van der Waals surface area (Å²) in [6, 6.07) is 0.351. The number of nitrogens with two attached hydrogens (primary N) is 2. The molecule has 0 saturated heterocycles. The van der Waals surface area contributed by atoms with Crippen LogP contribution in [-0.2, 0) is 0 Å². The van der Waals surface area contributed by atoms with Gasteiger partial charge in [-0.15, -0.1) is 0 Å². The van der Waals surface area contributed by atoms with Crippen molar-refractivity contribution >= 4 is 11.7 Å². The summed E-state index contributed by atoms with van der Waals surface area (Å²) in [5, 5.41) is 4.20. The Balaban J connectivity index is 2.26. The summed E-state index contributed by atoms with van der Waals surface area (Å²) in [6.45, 7) is 2.21. The van der Waals surface area contributed by atoms with Gasteiger partial charge in [0, 0.05) is 6.20 Å². The van der Waals surface area contributed by atoms with E-state index < -0.39 is 5.91 Å². The average Bonchev–Trinajstić information content (AvgIpc) is 2.61. The molecule has 88 valence electrons. The van der Waals surface area contributed by atoms with E-state index in [9.17, 15) is 4.79 Å². The van der Waals surface area contributed by atoms with Crippen molar-refractivity contribution in [1.29, 1.82) is 0 Å². The topological polar surface area (TPSA) is 86.9 Å². The highest BCUT2D eigenvalue weighted by atomic mass is 16.1. The van der Waals surface area contributed by atoms with Crippen molar-refractivity contribution in [3.05, 3.63) is 11.8 Å². The van der Waals surface area contributed by atoms with Gasteiger partial charge in [0.2, 0.25) is 0 Å². The number of hydrogen-bond donors (Lipinski definition) is 2. The van der Waals surface area contributed by atoms with Gasteiger partial charge >= 0.3 is 0 Å². The molecule has 1 aliphatic carbocycles. The van der Waals surface area contributed by atoms with Crippen LogP contribution in [0.4, 0.5) is 5.82 Å². The van der Waals surface area contributed by atoms with E-state index in [0.717, 1.165) is 6.42 Å². The standard InChI is InChI=1S/C11H18N4O/c1-7-4-2-3-5-9(7)15-6-8(11(13)16)10(12)14-15/h6-7,9H,2-5H2,1H3,(H2,12,14)(H2,13,16)/t7-,9?/m0/s1. The average molecular weight is 222 g/mol. The molecule has 2 rings (SSSR count). The van der Waals surface area contributed by atoms with E-state index in [4.69, 9.17) is 11.5 Å². The van der Waals surface area contributed by atoms with Crippen LogP contribution in [0.25, 0.3) is 0 Å². The number of nitrogens with zero attached hydrogens (tertiary/aromatic N) is 2. The molecule has 1 heterocycles. The molecular formula is C11H18N4O. The third-order valence-electron chi connectivity index (χ3n) is 3.43. The largest absolute Gasteiger partial charge is 0.382 e. The third-order valence-corrected chi connectivity index (χ3v) is 3.43. The number of carbonyl (C=O) groups is 1. The minimum atomic E-state index is -0.507. The first-order valence-electron chi connectivity index (χ1n) is 5.74. The number of aromatic nitrogens is 2. The maximum atomic E-state index is 11.1. The van der Waals surface area contributed by atoms with Crippen LogP contribution >= 0.6 is 0 Å². The first-order valence-corrected chi connectivity index (χ1v) is 5.74. The third kappa shape index (κ3) is 1.89. The first-order chi connectivity index (χ1) is 7.59. The molecule has 1 aliphatic rings. The van der Waals surface area contributed by atoms with Gasteiger partial charge in [0.25, 0.3) is 5.91 Å². The van der Waals surface area contributed by atoms with Crippen molar-refractivity contribution in [1.82, 2.24) is 9.78 Å². The minimum Gasteiger partial charge on any atom is -0.382 e. The minimum absolute atomic E-state index is 0.241. The molecule has 0 aliphatic heterocycles. The second-order valence-corrected chi connectivity index (χ2v) is 4.60. The van der Waals surface area contributed by atoms with Crippen LogP contribution < -0.4 is 11.5 Å². The SMILES string of the molecule is C[C@H]1CCCCC1n1cc(C(N)=O)c(N)n1. The van der Waals surface area contributed by atoms with Crippen LogP contribution in [0.5, 0.6) is 0 Å². The molecule has 1 aromatic rings. The molecule has 0 radical (unpaired) electrons. The Morgan fingerprint density at radius 1 is 1.50 bits per heavy atom.